The third-order valence-corrected chi connectivity index (χ3v) is 3.27. The highest BCUT2D eigenvalue weighted by Gasteiger charge is 2.12. The first-order valence-corrected chi connectivity index (χ1v) is 5.90. The number of thioether (sulfide) groups is 1. The van der Waals surface area contributed by atoms with E-state index in [9.17, 15) is 0 Å². The van der Waals surface area contributed by atoms with Crippen molar-refractivity contribution >= 4 is 11.8 Å². The molecular formula is C9H20N2S. The molecule has 1 N–H and O–H groups in total. The average Bonchev–Trinajstić information content (AvgIpc) is 2.49. The van der Waals surface area contributed by atoms with E-state index in [0.29, 0.717) is 0 Å². The maximum absolute atomic E-state index is 3.51. The van der Waals surface area contributed by atoms with Crippen molar-refractivity contribution in [1.82, 2.24) is 10.2 Å². The summed E-state index contributed by atoms with van der Waals surface area (Å²) in [6, 6.07) is 0.803. The van der Waals surface area contributed by atoms with Crippen LogP contribution in [0.5, 0.6) is 0 Å². The van der Waals surface area contributed by atoms with Crippen LogP contribution >= 0.6 is 11.8 Å². The van der Waals surface area contributed by atoms with Crippen LogP contribution in [0.1, 0.15) is 12.8 Å². The molecule has 0 spiro atoms. The summed E-state index contributed by atoms with van der Waals surface area (Å²) in [7, 11) is 4.27. The number of nitrogens with one attached hydrogen (secondary N) is 1. The summed E-state index contributed by atoms with van der Waals surface area (Å²) in [6.07, 6.45) is 2.76. The van der Waals surface area contributed by atoms with Crippen LogP contribution in [0, 0.1) is 0 Å². The molecule has 1 rings (SSSR count). The van der Waals surface area contributed by atoms with Crippen molar-refractivity contribution in [3.8, 4) is 0 Å². The van der Waals surface area contributed by atoms with Crippen LogP contribution < -0.4 is 5.32 Å². The molecule has 1 fully saturated rings. The van der Waals surface area contributed by atoms with E-state index in [4.69, 9.17) is 0 Å². The largest absolute Gasteiger partial charge is 0.313 e. The second-order valence-corrected chi connectivity index (χ2v) is 4.82. The third-order valence-electron chi connectivity index (χ3n) is 2.16. The molecule has 72 valence electrons. The molecule has 2 nitrogen and oxygen atoms in total. The SMILES string of the molecule is CN(C)CCSCC1CCCN1. The number of rotatable bonds is 5. The molecule has 1 aliphatic heterocycles. The van der Waals surface area contributed by atoms with Gasteiger partial charge in [0.15, 0.2) is 0 Å². The normalized spacial score (nSPS) is 23.8. The summed E-state index contributed by atoms with van der Waals surface area (Å²) in [4.78, 5) is 2.25. The first-order chi connectivity index (χ1) is 5.79. The fourth-order valence-electron chi connectivity index (χ4n) is 1.37. The Bertz CT molecular complexity index is 111. The van der Waals surface area contributed by atoms with Gasteiger partial charge in [0.2, 0.25) is 0 Å². The topological polar surface area (TPSA) is 15.3 Å². The van der Waals surface area contributed by atoms with E-state index < -0.39 is 0 Å². The van der Waals surface area contributed by atoms with E-state index >= 15 is 0 Å². The van der Waals surface area contributed by atoms with Crippen molar-refractivity contribution in [2.45, 2.75) is 18.9 Å². The van der Waals surface area contributed by atoms with Gasteiger partial charge in [-0.3, -0.25) is 0 Å². The van der Waals surface area contributed by atoms with E-state index in [1.165, 1.54) is 37.4 Å². The number of nitrogens with zero attached hydrogens (tertiary/aromatic N) is 1. The molecule has 1 heterocycles. The molecule has 0 saturated carbocycles. The van der Waals surface area contributed by atoms with Crippen LogP contribution in [0.15, 0.2) is 0 Å². The fourth-order valence-corrected chi connectivity index (χ4v) is 2.60. The maximum atomic E-state index is 3.51. The van der Waals surface area contributed by atoms with Gasteiger partial charge in [0.05, 0.1) is 0 Å². The summed E-state index contributed by atoms with van der Waals surface area (Å²) >= 11 is 2.07. The Kier molecular flexibility index (Phi) is 5.04. The van der Waals surface area contributed by atoms with Gasteiger partial charge in [-0.1, -0.05) is 0 Å². The molecule has 1 aliphatic rings. The zero-order valence-corrected chi connectivity index (χ0v) is 8.99. The summed E-state index contributed by atoms with van der Waals surface area (Å²) in [5, 5.41) is 3.51. The zero-order valence-electron chi connectivity index (χ0n) is 8.18. The molecule has 0 aromatic rings. The van der Waals surface area contributed by atoms with Gasteiger partial charge >= 0.3 is 0 Å². The Hall–Kier alpha value is 0.270. The molecule has 1 atom stereocenters. The lowest BCUT2D eigenvalue weighted by Crippen LogP contribution is -2.24. The highest BCUT2D eigenvalue weighted by atomic mass is 32.2. The van der Waals surface area contributed by atoms with E-state index in [1.54, 1.807) is 0 Å². The van der Waals surface area contributed by atoms with Crippen molar-refractivity contribution in [2.24, 2.45) is 0 Å². The first-order valence-electron chi connectivity index (χ1n) is 4.75. The van der Waals surface area contributed by atoms with Gasteiger partial charge in [-0.05, 0) is 33.5 Å². The summed E-state index contributed by atoms with van der Waals surface area (Å²) in [5.41, 5.74) is 0. The minimum Gasteiger partial charge on any atom is -0.313 e. The maximum Gasteiger partial charge on any atom is 0.0158 e. The van der Waals surface area contributed by atoms with E-state index in [1.807, 2.05) is 0 Å². The molecular weight excluding hydrogens is 168 g/mol. The minimum atomic E-state index is 0.803. The number of hydrogen-bond acceptors (Lipinski definition) is 3. The third kappa shape index (κ3) is 4.33. The predicted octanol–water partition coefficient (Wildman–Crippen LogP) is 1.03. The van der Waals surface area contributed by atoms with Gasteiger partial charge < -0.3 is 10.2 Å². The fraction of sp³-hybridized carbons (Fsp3) is 1.00. The predicted molar refractivity (Wildman–Crippen MR) is 56.9 cm³/mol. The van der Waals surface area contributed by atoms with Crippen molar-refractivity contribution in [2.75, 3.05) is 38.7 Å². The van der Waals surface area contributed by atoms with Crippen LogP contribution in [-0.4, -0.2) is 49.6 Å². The monoisotopic (exact) mass is 188 g/mol. The lowest BCUT2D eigenvalue weighted by molar-refractivity contribution is 0.437. The Labute approximate surface area is 80.1 Å². The first kappa shape index (κ1) is 10.4. The van der Waals surface area contributed by atoms with Crippen molar-refractivity contribution in [3.63, 3.8) is 0 Å². The van der Waals surface area contributed by atoms with Crippen molar-refractivity contribution in [1.29, 1.82) is 0 Å². The van der Waals surface area contributed by atoms with E-state index in [0.717, 1.165) is 6.04 Å². The smallest absolute Gasteiger partial charge is 0.0158 e. The van der Waals surface area contributed by atoms with Gasteiger partial charge in [-0.25, -0.2) is 0 Å². The lowest BCUT2D eigenvalue weighted by atomic mass is 10.3. The Morgan fingerprint density at radius 3 is 2.92 bits per heavy atom. The molecule has 1 saturated heterocycles. The highest BCUT2D eigenvalue weighted by molar-refractivity contribution is 7.99. The second-order valence-electron chi connectivity index (χ2n) is 3.67. The van der Waals surface area contributed by atoms with Crippen molar-refractivity contribution in [3.05, 3.63) is 0 Å². The minimum absolute atomic E-state index is 0.803. The standard InChI is InChI=1S/C9H20N2S/c1-11(2)6-7-12-8-9-4-3-5-10-9/h9-10H,3-8H2,1-2H3. The molecule has 0 amide bonds. The van der Waals surface area contributed by atoms with Gasteiger partial charge in [-0.15, -0.1) is 0 Å². The molecule has 3 heteroatoms. The molecule has 0 radical (unpaired) electrons. The summed E-state index contributed by atoms with van der Waals surface area (Å²) in [5.74, 6) is 2.57. The van der Waals surface area contributed by atoms with Gasteiger partial charge in [-0.2, -0.15) is 11.8 Å². The number of hydrogen-bond donors (Lipinski definition) is 1. The Morgan fingerprint density at radius 1 is 1.50 bits per heavy atom. The zero-order chi connectivity index (χ0) is 8.81. The van der Waals surface area contributed by atoms with E-state index in [2.05, 4.69) is 36.1 Å². The van der Waals surface area contributed by atoms with Crippen LogP contribution in [0.25, 0.3) is 0 Å². The molecule has 0 aliphatic carbocycles. The van der Waals surface area contributed by atoms with Gasteiger partial charge in [0, 0.05) is 24.1 Å². The second kappa shape index (κ2) is 5.84. The summed E-state index contributed by atoms with van der Waals surface area (Å²) < 4.78 is 0. The van der Waals surface area contributed by atoms with Crippen LogP contribution in [-0.2, 0) is 0 Å². The summed E-state index contributed by atoms with van der Waals surface area (Å²) in [6.45, 7) is 2.44. The van der Waals surface area contributed by atoms with Crippen LogP contribution in [0.2, 0.25) is 0 Å². The molecule has 0 aromatic heterocycles. The van der Waals surface area contributed by atoms with E-state index in [-0.39, 0.29) is 0 Å². The Balaban J connectivity index is 1.88. The van der Waals surface area contributed by atoms with Gasteiger partial charge in [0.1, 0.15) is 0 Å². The van der Waals surface area contributed by atoms with Crippen molar-refractivity contribution < 1.29 is 0 Å². The molecule has 0 bridgehead atoms. The van der Waals surface area contributed by atoms with Crippen LogP contribution in [0.4, 0.5) is 0 Å². The van der Waals surface area contributed by atoms with Crippen LogP contribution in [0.3, 0.4) is 0 Å². The molecule has 0 aromatic carbocycles. The van der Waals surface area contributed by atoms with Gasteiger partial charge in [0.25, 0.3) is 0 Å². The quantitative estimate of drug-likeness (QED) is 0.649. The molecule has 1 unspecified atom stereocenters. The average molecular weight is 188 g/mol. The molecule has 12 heavy (non-hydrogen) atoms. The Morgan fingerprint density at radius 2 is 2.33 bits per heavy atom. The lowest BCUT2D eigenvalue weighted by Gasteiger charge is -2.11. The highest BCUT2D eigenvalue weighted by Crippen LogP contribution is 2.11.